The van der Waals surface area contributed by atoms with Crippen molar-refractivity contribution in [2.45, 2.75) is 30.9 Å². The molecule has 108 valence electrons. The highest BCUT2D eigenvalue weighted by atomic mass is 32.2. The Morgan fingerprint density at radius 2 is 1.95 bits per heavy atom. The Bertz CT molecular complexity index is 477. The zero-order valence-corrected chi connectivity index (χ0v) is 12.9. The number of amides is 1. The molecule has 1 aromatic rings. The van der Waals surface area contributed by atoms with E-state index in [0.717, 1.165) is 24.2 Å². The van der Waals surface area contributed by atoms with Crippen molar-refractivity contribution in [1.29, 1.82) is 0 Å². The molecule has 1 heterocycles. The van der Waals surface area contributed by atoms with Crippen LogP contribution in [0.5, 0.6) is 0 Å². The lowest BCUT2D eigenvalue weighted by Crippen LogP contribution is -2.40. The van der Waals surface area contributed by atoms with Gasteiger partial charge in [-0.05, 0) is 24.3 Å². The molecule has 1 rings (SSSR count). The van der Waals surface area contributed by atoms with Crippen LogP contribution in [0.25, 0.3) is 0 Å². The SMILES string of the molecule is CCCN(CCC)C(=O)CNS(=O)(=O)c1cccs1. The summed E-state index contributed by atoms with van der Waals surface area (Å²) in [5.41, 5.74) is 0. The molecule has 0 aliphatic carbocycles. The van der Waals surface area contributed by atoms with Gasteiger partial charge in [-0.1, -0.05) is 19.9 Å². The average Bonchev–Trinajstić information content (AvgIpc) is 2.90. The molecule has 0 saturated carbocycles. The fourth-order valence-electron chi connectivity index (χ4n) is 1.66. The molecule has 7 heteroatoms. The fourth-order valence-corrected chi connectivity index (χ4v) is 3.67. The van der Waals surface area contributed by atoms with Crippen LogP contribution in [-0.2, 0) is 14.8 Å². The minimum atomic E-state index is -3.55. The van der Waals surface area contributed by atoms with Crippen molar-refractivity contribution < 1.29 is 13.2 Å². The normalized spacial score (nSPS) is 11.5. The lowest BCUT2D eigenvalue weighted by atomic mass is 10.3. The first kappa shape index (κ1) is 16.1. The quantitative estimate of drug-likeness (QED) is 0.794. The smallest absolute Gasteiger partial charge is 0.250 e. The molecular formula is C12H20N2O3S2. The summed E-state index contributed by atoms with van der Waals surface area (Å²) in [4.78, 5) is 13.6. The van der Waals surface area contributed by atoms with E-state index < -0.39 is 10.0 Å². The van der Waals surface area contributed by atoms with Crippen molar-refractivity contribution in [1.82, 2.24) is 9.62 Å². The van der Waals surface area contributed by atoms with Gasteiger partial charge in [0, 0.05) is 13.1 Å². The first-order valence-electron chi connectivity index (χ1n) is 6.32. The second kappa shape index (κ2) is 7.62. The zero-order chi connectivity index (χ0) is 14.3. The van der Waals surface area contributed by atoms with Crippen molar-refractivity contribution >= 4 is 27.3 Å². The van der Waals surface area contributed by atoms with Crippen LogP contribution in [0.1, 0.15) is 26.7 Å². The summed E-state index contributed by atoms with van der Waals surface area (Å²) in [5, 5.41) is 1.69. The molecule has 0 bridgehead atoms. The van der Waals surface area contributed by atoms with Crippen molar-refractivity contribution in [2.24, 2.45) is 0 Å². The summed E-state index contributed by atoms with van der Waals surface area (Å²) in [5.74, 6) is -0.177. The van der Waals surface area contributed by atoms with Crippen LogP contribution >= 0.6 is 11.3 Å². The monoisotopic (exact) mass is 304 g/mol. The first-order chi connectivity index (χ1) is 9.01. The summed E-state index contributed by atoms with van der Waals surface area (Å²) in [6.07, 6.45) is 1.73. The molecule has 0 unspecified atom stereocenters. The van der Waals surface area contributed by atoms with Gasteiger partial charge in [-0.15, -0.1) is 11.3 Å². The minimum Gasteiger partial charge on any atom is -0.342 e. The molecule has 0 aromatic carbocycles. The number of hydrogen-bond donors (Lipinski definition) is 1. The van der Waals surface area contributed by atoms with Crippen molar-refractivity contribution in [3.05, 3.63) is 17.5 Å². The molecule has 0 saturated heterocycles. The molecule has 19 heavy (non-hydrogen) atoms. The Morgan fingerprint density at radius 1 is 1.32 bits per heavy atom. The van der Waals surface area contributed by atoms with Gasteiger partial charge in [-0.3, -0.25) is 4.79 Å². The van der Waals surface area contributed by atoms with Crippen LogP contribution in [0.15, 0.2) is 21.7 Å². The van der Waals surface area contributed by atoms with Gasteiger partial charge in [-0.25, -0.2) is 13.1 Å². The maximum absolute atomic E-state index is 11.9. The summed E-state index contributed by atoms with van der Waals surface area (Å²) in [6, 6.07) is 3.19. The van der Waals surface area contributed by atoms with E-state index in [1.807, 2.05) is 13.8 Å². The van der Waals surface area contributed by atoms with Gasteiger partial charge in [0.1, 0.15) is 4.21 Å². The summed E-state index contributed by atoms with van der Waals surface area (Å²) in [7, 11) is -3.55. The highest BCUT2D eigenvalue weighted by molar-refractivity contribution is 7.91. The summed E-state index contributed by atoms with van der Waals surface area (Å²) < 4.78 is 26.3. The van der Waals surface area contributed by atoms with Crippen LogP contribution in [0.4, 0.5) is 0 Å². The van der Waals surface area contributed by atoms with Crippen LogP contribution in [0, 0.1) is 0 Å². The van der Waals surface area contributed by atoms with Crippen molar-refractivity contribution in [3.63, 3.8) is 0 Å². The maximum atomic E-state index is 11.9. The van der Waals surface area contributed by atoms with Crippen LogP contribution in [0.2, 0.25) is 0 Å². The number of carbonyl (C=O) groups is 1. The number of sulfonamides is 1. The standard InChI is InChI=1S/C12H20N2O3S2/c1-3-7-14(8-4-2)11(15)10-13-19(16,17)12-6-5-9-18-12/h5-6,9,13H,3-4,7-8,10H2,1-2H3. The Labute approximate surface area is 118 Å². The molecule has 0 fully saturated rings. The van der Waals surface area contributed by atoms with E-state index in [1.165, 1.54) is 6.07 Å². The molecule has 5 nitrogen and oxygen atoms in total. The van der Waals surface area contributed by atoms with E-state index in [1.54, 1.807) is 16.3 Å². The number of nitrogens with one attached hydrogen (secondary N) is 1. The van der Waals surface area contributed by atoms with E-state index in [0.29, 0.717) is 13.1 Å². The number of hydrogen-bond acceptors (Lipinski definition) is 4. The maximum Gasteiger partial charge on any atom is 0.250 e. The van der Waals surface area contributed by atoms with E-state index >= 15 is 0 Å². The molecular weight excluding hydrogens is 284 g/mol. The van der Waals surface area contributed by atoms with Gasteiger partial charge in [0.2, 0.25) is 5.91 Å². The molecule has 0 aliphatic heterocycles. The number of carbonyl (C=O) groups excluding carboxylic acids is 1. The summed E-state index contributed by atoms with van der Waals surface area (Å²) in [6.45, 7) is 5.12. The Morgan fingerprint density at radius 3 is 2.42 bits per heavy atom. The molecule has 0 spiro atoms. The van der Waals surface area contributed by atoms with Crippen LogP contribution in [-0.4, -0.2) is 38.9 Å². The predicted octanol–water partition coefficient (Wildman–Crippen LogP) is 1.67. The molecule has 0 aliphatic rings. The lowest BCUT2D eigenvalue weighted by Gasteiger charge is -2.21. The highest BCUT2D eigenvalue weighted by Gasteiger charge is 2.18. The van der Waals surface area contributed by atoms with Crippen LogP contribution < -0.4 is 4.72 Å². The van der Waals surface area contributed by atoms with Gasteiger partial charge < -0.3 is 4.90 Å². The third-order valence-electron chi connectivity index (χ3n) is 2.51. The third-order valence-corrected chi connectivity index (χ3v) is 5.31. The second-order valence-corrected chi connectivity index (χ2v) is 7.08. The third kappa shape index (κ3) is 4.93. The Hall–Kier alpha value is -0.920. The lowest BCUT2D eigenvalue weighted by molar-refractivity contribution is -0.130. The minimum absolute atomic E-state index is 0.177. The average molecular weight is 304 g/mol. The molecule has 1 aromatic heterocycles. The van der Waals surface area contributed by atoms with Gasteiger partial charge in [-0.2, -0.15) is 0 Å². The molecule has 0 atom stereocenters. The van der Waals surface area contributed by atoms with Crippen molar-refractivity contribution in [3.8, 4) is 0 Å². The number of nitrogens with zero attached hydrogens (tertiary/aromatic N) is 1. The van der Waals surface area contributed by atoms with Gasteiger partial charge in [0.05, 0.1) is 6.54 Å². The van der Waals surface area contributed by atoms with E-state index in [2.05, 4.69) is 4.72 Å². The first-order valence-corrected chi connectivity index (χ1v) is 8.68. The Kier molecular flexibility index (Phi) is 6.47. The number of thiophene rings is 1. The van der Waals surface area contributed by atoms with Gasteiger partial charge in [0.15, 0.2) is 0 Å². The second-order valence-electron chi connectivity index (χ2n) is 4.14. The van der Waals surface area contributed by atoms with Crippen molar-refractivity contribution in [2.75, 3.05) is 19.6 Å². The molecule has 1 N–H and O–H groups in total. The Balaban J connectivity index is 2.58. The molecule has 1 amide bonds. The predicted molar refractivity (Wildman–Crippen MR) is 76.7 cm³/mol. The van der Waals surface area contributed by atoms with E-state index in [-0.39, 0.29) is 16.7 Å². The largest absolute Gasteiger partial charge is 0.342 e. The van der Waals surface area contributed by atoms with E-state index in [9.17, 15) is 13.2 Å². The zero-order valence-electron chi connectivity index (χ0n) is 11.3. The number of rotatable bonds is 8. The van der Waals surface area contributed by atoms with Gasteiger partial charge >= 0.3 is 0 Å². The van der Waals surface area contributed by atoms with E-state index in [4.69, 9.17) is 0 Å². The van der Waals surface area contributed by atoms with Gasteiger partial charge in [0.25, 0.3) is 10.0 Å². The fraction of sp³-hybridized carbons (Fsp3) is 0.583. The molecule has 0 radical (unpaired) electrons. The highest BCUT2D eigenvalue weighted by Crippen LogP contribution is 2.14. The summed E-state index contributed by atoms with van der Waals surface area (Å²) >= 11 is 1.14. The topological polar surface area (TPSA) is 66.5 Å². The van der Waals surface area contributed by atoms with Crippen LogP contribution in [0.3, 0.4) is 0 Å².